The van der Waals surface area contributed by atoms with E-state index in [-0.39, 0.29) is 23.6 Å². The van der Waals surface area contributed by atoms with Gasteiger partial charge in [0.1, 0.15) is 23.7 Å². The van der Waals surface area contributed by atoms with Crippen molar-refractivity contribution in [2.75, 3.05) is 5.73 Å². The van der Waals surface area contributed by atoms with Crippen molar-refractivity contribution >= 4 is 40.0 Å². The van der Waals surface area contributed by atoms with Crippen LogP contribution in [0.3, 0.4) is 0 Å². The minimum Gasteiger partial charge on any atom is -0.383 e. The van der Waals surface area contributed by atoms with Crippen LogP contribution in [0.25, 0.3) is 33.2 Å². The molecule has 0 bridgehead atoms. The van der Waals surface area contributed by atoms with Crippen LogP contribution in [0.4, 0.5) is 10.2 Å². The lowest BCUT2D eigenvalue weighted by molar-refractivity contribution is 0.606. The number of allylic oxidation sites excluding steroid dienone is 1. The molecule has 0 saturated heterocycles. The molecule has 0 radical (unpaired) electrons. The molecule has 9 nitrogen and oxygen atoms in total. The largest absolute Gasteiger partial charge is 0.383 e. The molecule has 0 aliphatic rings. The second-order valence-corrected chi connectivity index (χ2v) is 8.20. The lowest BCUT2D eigenvalue weighted by Gasteiger charge is -2.16. The number of nitrogens with two attached hydrogens (primary N) is 1. The van der Waals surface area contributed by atoms with E-state index in [0.29, 0.717) is 33.5 Å². The molecule has 5 aromatic rings. The highest BCUT2D eigenvalue weighted by Crippen LogP contribution is 2.27. The average Bonchev–Trinajstić information content (AvgIpc) is 3.23. The van der Waals surface area contributed by atoms with Crippen molar-refractivity contribution in [3.05, 3.63) is 94.1 Å². The molecule has 0 unspecified atom stereocenters. The van der Waals surface area contributed by atoms with Crippen molar-refractivity contribution in [1.82, 2.24) is 29.7 Å². The molecule has 0 aliphatic carbocycles. The van der Waals surface area contributed by atoms with Crippen molar-refractivity contribution < 1.29 is 4.39 Å². The molecule has 0 aliphatic heterocycles. The van der Waals surface area contributed by atoms with Gasteiger partial charge in [0.15, 0.2) is 5.65 Å². The van der Waals surface area contributed by atoms with E-state index in [1.165, 1.54) is 17.0 Å². The number of nitrogens with zero attached hydrogens (tertiary/aromatic N) is 6. The van der Waals surface area contributed by atoms with Gasteiger partial charge in [-0.3, -0.25) is 14.8 Å². The summed E-state index contributed by atoms with van der Waals surface area (Å²) in [4.78, 5) is 22.3. The third-order valence-corrected chi connectivity index (χ3v) is 6.04. The molecule has 0 spiro atoms. The molecule has 0 amide bonds. The van der Waals surface area contributed by atoms with Gasteiger partial charge in [0.2, 0.25) is 0 Å². The zero-order chi connectivity index (χ0) is 25.4. The Morgan fingerprint density at radius 1 is 1.19 bits per heavy atom. The predicted octanol–water partition coefficient (Wildman–Crippen LogP) is 3.77. The number of hydrogen-bond acceptors (Lipinski definition) is 7. The standard InChI is InChI=1S/C26H23FN8O/c1-4-19(32-29-3)23-22-24(28)30-14-31-25(22)34(33-23)13-17-12-16-9-7-8-15(2)21(16)26(36)35(17)20-11-6-5-10-18(20)27/h4-12,14,32H,3,13H2,1-2H3,(H2,28,30,31)/b19-4-. The Bertz CT molecular complexity index is 1730. The number of aromatic nitrogens is 5. The predicted molar refractivity (Wildman–Crippen MR) is 139 cm³/mol. The number of rotatable bonds is 6. The van der Waals surface area contributed by atoms with Crippen LogP contribution in [-0.4, -0.2) is 31.0 Å². The Hall–Kier alpha value is -4.86. The van der Waals surface area contributed by atoms with Crippen molar-refractivity contribution in [1.29, 1.82) is 0 Å². The molecule has 3 heterocycles. The number of nitrogens with one attached hydrogen (secondary N) is 1. The molecule has 0 saturated carbocycles. The van der Waals surface area contributed by atoms with Gasteiger partial charge in [0, 0.05) is 12.4 Å². The number of nitrogen functional groups attached to an aromatic ring is 1. The number of halogens is 1. The van der Waals surface area contributed by atoms with Crippen molar-refractivity contribution in [3.63, 3.8) is 0 Å². The summed E-state index contributed by atoms with van der Waals surface area (Å²) in [7, 11) is 0. The fourth-order valence-corrected chi connectivity index (χ4v) is 4.42. The average molecular weight is 483 g/mol. The summed E-state index contributed by atoms with van der Waals surface area (Å²) < 4.78 is 18.0. The van der Waals surface area contributed by atoms with E-state index in [1.54, 1.807) is 29.0 Å². The third-order valence-electron chi connectivity index (χ3n) is 6.04. The fourth-order valence-electron chi connectivity index (χ4n) is 4.42. The molecule has 36 heavy (non-hydrogen) atoms. The molecule has 2 aromatic carbocycles. The Labute approximate surface area is 205 Å². The molecule has 3 N–H and O–H groups in total. The number of pyridine rings is 1. The summed E-state index contributed by atoms with van der Waals surface area (Å²) in [6.45, 7) is 7.27. The Kier molecular flexibility index (Phi) is 5.77. The van der Waals surface area contributed by atoms with Crippen molar-refractivity contribution in [2.24, 2.45) is 5.10 Å². The topological polar surface area (TPSA) is 116 Å². The summed E-state index contributed by atoms with van der Waals surface area (Å²) >= 11 is 0. The smallest absolute Gasteiger partial charge is 0.263 e. The van der Waals surface area contributed by atoms with Crippen molar-refractivity contribution in [3.8, 4) is 5.69 Å². The van der Waals surface area contributed by atoms with Crippen LogP contribution >= 0.6 is 0 Å². The van der Waals surface area contributed by atoms with Crippen LogP contribution in [0.15, 0.2) is 70.8 Å². The molecule has 10 heteroatoms. The van der Waals surface area contributed by atoms with E-state index < -0.39 is 5.82 Å². The van der Waals surface area contributed by atoms with Gasteiger partial charge in [-0.25, -0.2) is 19.0 Å². The van der Waals surface area contributed by atoms with Crippen LogP contribution in [-0.2, 0) is 6.54 Å². The highest BCUT2D eigenvalue weighted by molar-refractivity contribution is 5.95. The number of para-hydroxylation sites is 1. The fraction of sp³-hybridized carbons (Fsp3) is 0.115. The van der Waals surface area contributed by atoms with E-state index in [4.69, 9.17) is 10.8 Å². The molecule has 0 fully saturated rings. The molecule has 180 valence electrons. The summed E-state index contributed by atoms with van der Waals surface area (Å²) in [6, 6.07) is 13.7. The van der Waals surface area contributed by atoms with E-state index >= 15 is 0 Å². The number of hydrazone groups is 1. The summed E-state index contributed by atoms with van der Waals surface area (Å²) in [5, 5.41) is 10.3. The first kappa shape index (κ1) is 22.9. The molecule has 0 atom stereocenters. The van der Waals surface area contributed by atoms with E-state index in [1.807, 2.05) is 38.1 Å². The number of fused-ring (bicyclic) bond motifs is 2. The summed E-state index contributed by atoms with van der Waals surface area (Å²) in [5.41, 5.74) is 11.7. The van der Waals surface area contributed by atoms with E-state index in [0.717, 1.165) is 10.9 Å². The quantitative estimate of drug-likeness (QED) is 0.281. The van der Waals surface area contributed by atoms with Gasteiger partial charge < -0.3 is 5.73 Å². The SMILES string of the molecule is C=NN/C(=C\C)c1nn(Cc2cc3cccc(C)c3c(=O)n2-c2ccccc2F)c2ncnc(N)c12. The summed E-state index contributed by atoms with van der Waals surface area (Å²) in [5.74, 6) is -0.268. The second-order valence-electron chi connectivity index (χ2n) is 8.20. The zero-order valence-corrected chi connectivity index (χ0v) is 19.7. The maximum Gasteiger partial charge on any atom is 0.263 e. The number of anilines is 1. The van der Waals surface area contributed by atoms with Gasteiger partial charge in [0.05, 0.1) is 28.7 Å². The Morgan fingerprint density at radius 3 is 2.75 bits per heavy atom. The number of benzene rings is 2. The van der Waals surface area contributed by atoms with Gasteiger partial charge in [-0.05, 0) is 43.0 Å². The van der Waals surface area contributed by atoms with Crippen LogP contribution in [0.2, 0.25) is 0 Å². The number of aryl methyl sites for hydroxylation is 1. The highest BCUT2D eigenvalue weighted by Gasteiger charge is 2.21. The van der Waals surface area contributed by atoms with Crippen molar-refractivity contribution in [2.45, 2.75) is 20.4 Å². The minimum atomic E-state index is -0.510. The van der Waals surface area contributed by atoms with Crippen LogP contribution in [0.1, 0.15) is 23.9 Å². The molecule has 3 aromatic heterocycles. The Balaban J connectivity index is 1.80. The lowest BCUT2D eigenvalue weighted by Crippen LogP contribution is -2.25. The minimum absolute atomic E-state index is 0.110. The van der Waals surface area contributed by atoms with E-state index in [2.05, 4.69) is 27.2 Å². The molecular formula is C26H23FN8O. The van der Waals surface area contributed by atoms with Crippen LogP contribution < -0.4 is 16.7 Å². The highest BCUT2D eigenvalue weighted by atomic mass is 19.1. The van der Waals surface area contributed by atoms with Crippen LogP contribution in [0.5, 0.6) is 0 Å². The maximum absolute atomic E-state index is 15.0. The first-order chi connectivity index (χ1) is 17.4. The second kappa shape index (κ2) is 9.06. The molecular weight excluding hydrogens is 459 g/mol. The molecule has 5 rings (SSSR count). The summed E-state index contributed by atoms with van der Waals surface area (Å²) in [6.07, 6.45) is 3.13. The third kappa shape index (κ3) is 3.68. The maximum atomic E-state index is 15.0. The first-order valence-electron chi connectivity index (χ1n) is 11.2. The van der Waals surface area contributed by atoms with Crippen LogP contribution in [0, 0.1) is 12.7 Å². The monoisotopic (exact) mass is 482 g/mol. The normalized spacial score (nSPS) is 11.8. The zero-order valence-electron chi connectivity index (χ0n) is 19.7. The first-order valence-corrected chi connectivity index (χ1v) is 11.2. The number of hydrogen-bond donors (Lipinski definition) is 2. The van der Waals surface area contributed by atoms with E-state index in [9.17, 15) is 9.18 Å². The van der Waals surface area contributed by atoms with Gasteiger partial charge in [-0.2, -0.15) is 10.2 Å². The van der Waals surface area contributed by atoms with Gasteiger partial charge >= 0.3 is 0 Å². The lowest BCUT2D eigenvalue weighted by atomic mass is 10.1. The van der Waals surface area contributed by atoms with Gasteiger partial charge in [-0.15, -0.1) is 0 Å². The van der Waals surface area contributed by atoms with Gasteiger partial charge in [-0.1, -0.05) is 36.4 Å². The van der Waals surface area contributed by atoms with Gasteiger partial charge in [0.25, 0.3) is 5.56 Å². The Morgan fingerprint density at radius 2 is 2.00 bits per heavy atom.